The van der Waals surface area contributed by atoms with Crippen molar-refractivity contribution in [3.8, 4) is 5.75 Å². The zero-order chi connectivity index (χ0) is 16.8. The lowest BCUT2D eigenvalue weighted by atomic mass is 10.3. The zero-order valence-corrected chi connectivity index (χ0v) is 14.5. The van der Waals surface area contributed by atoms with Gasteiger partial charge in [0.2, 0.25) is 11.1 Å². The number of carbonyl (C=O) groups excluding carboxylic acids is 1. The predicted octanol–water partition coefficient (Wildman–Crippen LogP) is 1.25. The Morgan fingerprint density at radius 1 is 1.25 bits per heavy atom. The van der Waals surface area contributed by atoms with Gasteiger partial charge in [0.15, 0.2) is 5.82 Å². The van der Waals surface area contributed by atoms with E-state index >= 15 is 0 Å². The Bertz CT molecular complexity index is 655. The minimum atomic E-state index is 0.139. The Balaban J connectivity index is 1.43. The molecule has 0 spiro atoms. The maximum Gasteiger partial charge on any atom is 0.233 e. The number of nitrogens with zero attached hydrogens (tertiary/aromatic N) is 4. The number of nitrogens with one attached hydrogen (secondary N) is 1. The molecule has 1 saturated heterocycles. The Kier molecular flexibility index (Phi) is 5.71. The van der Waals surface area contributed by atoms with Crippen LogP contribution in [0.25, 0.3) is 0 Å². The number of likely N-dealkylation sites (N-methyl/N-ethyl adjacent to an activating group) is 1. The molecule has 1 aromatic carbocycles. The lowest BCUT2D eigenvalue weighted by molar-refractivity contribution is -0.129. The van der Waals surface area contributed by atoms with Crippen molar-refractivity contribution in [2.75, 3.05) is 39.0 Å². The summed E-state index contributed by atoms with van der Waals surface area (Å²) in [6, 6.07) is 9.55. The fourth-order valence-electron chi connectivity index (χ4n) is 2.35. The predicted molar refractivity (Wildman–Crippen MR) is 92.0 cm³/mol. The molecule has 3 rings (SSSR count). The molecule has 1 amide bonds. The summed E-state index contributed by atoms with van der Waals surface area (Å²) in [4.78, 5) is 20.7. The number of piperazine rings is 1. The van der Waals surface area contributed by atoms with Crippen LogP contribution in [0.5, 0.6) is 5.75 Å². The Morgan fingerprint density at radius 3 is 2.75 bits per heavy atom. The number of hydrogen-bond donors (Lipinski definition) is 1. The van der Waals surface area contributed by atoms with Gasteiger partial charge in [0.05, 0.1) is 5.75 Å². The van der Waals surface area contributed by atoms with Crippen LogP contribution in [0, 0.1) is 0 Å². The smallest absolute Gasteiger partial charge is 0.233 e. The van der Waals surface area contributed by atoms with E-state index in [9.17, 15) is 4.79 Å². The van der Waals surface area contributed by atoms with Crippen molar-refractivity contribution in [3.05, 3.63) is 36.2 Å². The highest BCUT2D eigenvalue weighted by molar-refractivity contribution is 7.99. The summed E-state index contributed by atoms with van der Waals surface area (Å²) in [6.07, 6.45) is 0. The van der Waals surface area contributed by atoms with Gasteiger partial charge < -0.3 is 14.5 Å². The summed E-state index contributed by atoms with van der Waals surface area (Å²) < 4.78 is 5.61. The normalized spacial score (nSPS) is 15.5. The Morgan fingerprint density at radius 2 is 2.00 bits per heavy atom. The highest BCUT2D eigenvalue weighted by atomic mass is 32.2. The van der Waals surface area contributed by atoms with Crippen molar-refractivity contribution in [2.24, 2.45) is 0 Å². The van der Waals surface area contributed by atoms with Crippen LogP contribution >= 0.6 is 11.8 Å². The van der Waals surface area contributed by atoms with Gasteiger partial charge in [0.1, 0.15) is 12.4 Å². The van der Waals surface area contributed by atoms with Crippen molar-refractivity contribution < 1.29 is 9.53 Å². The van der Waals surface area contributed by atoms with E-state index in [1.165, 1.54) is 11.8 Å². The maximum absolute atomic E-state index is 12.2. The van der Waals surface area contributed by atoms with Crippen LogP contribution in [-0.2, 0) is 11.4 Å². The van der Waals surface area contributed by atoms with Gasteiger partial charge >= 0.3 is 0 Å². The van der Waals surface area contributed by atoms with E-state index in [1.807, 2.05) is 35.2 Å². The van der Waals surface area contributed by atoms with Crippen molar-refractivity contribution in [1.29, 1.82) is 0 Å². The molecule has 8 heteroatoms. The minimum absolute atomic E-state index is 0.139. The molecule has 24 heavy (non-hydrogen) atoms. The standard InChI is InChI=1S/C16H21N5O2S/c1-20-7-9-21(10-8-20)15(22)12-24-16-17-14(18-19-16)11-23-13-5-3-2-4-6-13/h2-6H,7-12H2,1H3,(H,17,18,19). The third kappa shape index (κ3) is 4.72. The molecule has 0 bridgehead atoms. The molecule has 1 fully saturated rings. The lowest BCUT2D eigenvalue weighted by Crippen LogP contribution is -2.47. The van der Waals surface area contributed by atoms with Crippen LogP contribution in [0.4, 0.5) is 0 Å². The van der Waals surface area contributed by atoms with Crippen LogP contribution in [0.2, 0.25) is 0 Å². The van der Waals surface area contributed by atoms with Gasteiger partial charge in [-0.05, 0) is 19.2 Å². The molecule has 7 nitrogen and oxygen atoms in total. The molecule has 1 N–H and O–H groups in total. The molecule has 2 heterocycles. The molecule has 0 unspecified atom stereocenters. The second kappa shape index (κ2) is 8.16. The topological polar surface area (TPSA) is 74.3 Å². The van der Waals surface area contributed by atoms with Gasteiger partial charge in [0, 0.05) is 26.2 Å². The van der Waals surface area contributed by atoms with Crippen molar-refractivity contribution in [3.63, 3.8) is 0 Å². The lowest BCUT2D eigenvalue weighted by Gasteiger charge is -2.32. The summed E-state index contributed by atoms with van der Waals surface area (Å²) in [5.41, 5.74) is 0. The first kappa shape index (κ1) is 16.8. The Hall–Kier alpha value is -2.06. The molecule has 2 aromatic rings. The number of para-hydroxylation sites is 1. The zero-order valence-electron chi connectivity index (χ0n) is 13.6. The molecule has 1 aliphatic heterocycles. The van der Waals surface area contributed by atoms with Gasteiger partial charge in [-0.1, -0.05) is 30.0 Å². The summed E-state index contributed by atoms with van der Waals surface area (Å²) in [5.74, 6) is 1.93. The molecule has 0 aliphatic carbocycles. The number of rotatable bonds is 6. The largest absolute Gasteiger partial charge is 0.486 e. The quantitative estimate of drug-likeness (QED) is 0.793. The SMILES string of the molecule is CN1CCN(C(=O)CSc2n[nH]c(COc3ccccc3)n2)CC1. The van der Waals surface area contributed by atoms with Crippen molar-refractivity contribution in [2.45, 2.75) is 11.8 Å². The second-order valence-corrected chi connectivity index (χ2v) is 6.58. The van der Waals surface area contributed by atoms with Crippen LogP contribution in [0.3, 0.4) is 0 Å². The van der Waals surface area contributed by atoms with E-state index in [4.69, 9.17) is 4.74 Å². The third-order valence-electron chi connectivity index (χ3n) is 3.81. The highest BCUT2D eigenvalue weighted by Crippen LogP contribution is 2.15. The van der Waals surface area contributed by atoms with E-state index in [2.05, 4.69) is 27.1 Å². The number of benzene rings is 1. The summed E-state index contributed by atoms with van der Waals surface area (Å²) in [6.45, 7) is 3.76. The number of aromatic amines is 1. The number of carbonyl (C=O) groups is 1. The van der Waals surface area contributed by atoms with Gasteiger partial charge in [-0.2, -0.15) is 0 Å². The molecular weight excluding hydrogens is 326 g/mol. The van der Waals surface area contributed by atoms with E-state index < -0.39 is 0 Å². The monoisotopic (exact) mass is 347 g/mol. The fourth-order valence-corrected chi connectivity index (χ4v) is 3.07. The van der Waals surface area contributed by atoms with E-state index in [1.54, 1.807) is 0 Å². The summed E-state index contributed by atoms with van der Waals surface area (Å²) in [5, 5.41) is 7.55. The van der Waals surface area contributed by atoms with Gasteiger partial charge in [-0.3, -0.25) is 9.89 Å². The van der Waals surface area contributed by atoms with Crippen LogP contribution in [0.15, 0.2) is 35.5 Å². The molecule has 1 aliphatic rings. The van der Waals surface area contributed by atoms with E-state index in [0.717, 1.165) is 31.9 Å². The Labute approximate surface area is 145 Å². The molecule has 0 atom stereocenters. The first-order valence-corrected chi connectivity index (χ1v) is 8.87. The average Bonchev–Trinajstić information content (AvgIpc) is 3.07. The first-order chi connectivity index (χ1) is 11.7. The second-order valence-electron chi connectivity index (χ2n) is 5.64. The number of thioether (sulfide) groups is 1. The minimum Gasteiger partial charge on any atom is -0.486 e. The van der Waals surface area contributed by atoms with Crippen molar-refractivity contribution >= 4 is 17.7 Å². The van der Waals surface area contributed by atoms with Crippen molar-refractivity contribution in [1.82, 2.24) is 25.0 Å². The van der Waals surface area contributed by atoms with Gasteiger partial charge in [-0.15, -0.1) is 5.10 Å². The maximum atomic E-state index is 12.2. The van der Waals surface area contributed by atoms with Crippen LogP contribution in [0.1, 0.15) is 5.82 Å². The summed E-state index contributed by atoms with van der Waals surface area (Å²) >= 11 is 1.35. The summed E-state index contributed by atoms with van der Waals surface area (Å²) in [7, 11) is 2.07. The highest BCUT2D eigenvalue weighted by Gasteiger charge is 2.19. The first-order valence-electron chi connectivity index (χ1n) is 7.89. The van der Waals surface area contributed by atoms with Crippen LogP contribution in [-0.4, -0.2) is 69.9 Å². The molecule has 128 valence electrons. The van der Waals surface area contributed by atoms with Gasteiger partial charge in [-0.25, -0.2) is 4.98 Å². The number of aromatic nitrogens is 3. The third-order valence-corrected chi connectivity index (χ3v) is 4.64. The fraction of sp³-hybridized carbons (Fsp3) is 0.438. The molecular formula is C16H21N5O2S. The van der Waals surface area contributed by atoms with E-state index in [-0.39, 0.29) is 5.91 Å². The average molecular weight is 347 g/mol. The number of hydrogen-bond acceptors (Lipinski definition) is 6. The number of ether oxygens (including phenoxy) is 1. The molecule has 1 aromatic heterocycles. The molecule has 0 saturated carbocycles. The molecule has 0 radical (unpaired) electrons. The van der Waals surface area contributed by atoms with E-state index in [0.29, 0.717) is 23.3 Å². The van der Waals surface area contributed by atoms with Crippen LogP contribution < -0.4 is 4.74 Å². The number of amides is 1. The van der Waals surface area contributed by atoms with Gasteiger partial charge in [0.25, 0.3) is 0 Å². The number of H-pyrrole nitrogens is 1.